The highest BCUT2D eigenvalue weighted by Gasteiger charge is 2.58. The molecule has 2 rings (SSSR count). The molecule has 0 saturated carbocycles. The van der Waals surface area contributed by atoms with Crippen LogP contribution in [0.25, 0.3) is 10.8 Å². The van der Waals surface area contributed by atoms with Gasteiger partial charge in [0.25, 0.3) is 0 Å². The van der Waals surface area contributed by atoms with Gasteiger partial charge in [-0.25, -0.2) is 4.79 Å². The molecule has 0 aliphatic rings. The number of halogens is 3. The normalized spacial score (nSPS) is 14.7. The second-order valence-electron chi connectivity index (χ2n) is 4.73. The summed E-state index contributed by atoms with van der Waals surface area (Å²) in [4.78, 5) is 11.0. The Bertz CT molecular complexity index is 703. The van der Waals surface area contributed by atoms with Crippen LogP contribution in [0.1, 0.15) is 12.6 Å². The lowest BCUT2D eigenvalue weighted by Gasteiger charge is -2.29. The number of aromatic nitrogens is 2. The summed E-state index contributed by atoms with van der Waals surface area (Å²) in [5, 5.41) is 19.3. The summed E-state index contributed by atoms with van der Waals surface area (Å²) >= 11 is 0. The molecule has 112 valence electrons. The first kappa shape index (κ1) is 15.0. The summed E-state index contributed by atoms with van der Waals surface area (Å²) in [6, 6.07) is 6.56. The summed E-state index contributed by atoms with van der Waals surface area (Å²) in [6.07, 6.45) is -4.99. The highest BCUT2D eigenvalue weighted by atomic mass is 19.4. The molecule has 8 heteroatoms. The molecular weight excluding hydrogens is 287 g/mol. The van der Waals surface area contributed by atoms with Gasteiger partial charge >= 0.3 is 12.1 Å². The van der Waals surface area contributed by atoms with E-state index in [-0.39, 0.29) is 5.82 Å². The van der Waals surface area contributed by atoms with Crippen molar-refractivity contribution in [3.05, 3.63) is 30.0 Å². The van der Waals surface area contributed by atoms with Gasteiger partial charge in [0, 0.05) is 10.8 Å². The number of nitrogens with zero attached hydrogens (tertiary/aromatic N) is 2. The van der Waals surface area contributed by atoms with Gasteiger partial charge in [0.15, 0.2) is 5.82 Å². The summed E-state index contributed by atoms with van der Waals surface area (Å²) in [7, 11) is 0. The maximum Gasteiger partial charge on any atom is 0.422 e. The van der Waals surface area contributed by atoms with Gasteiger partial charge in [0.2, 0.25) is 5.54 Å². The molecule has 0 bridgehead atoms. The number of alkyl halides is 3. The first-order chi connectivity index (χ1) is 9.67. The number of fused-ring (bicyclic) bond motifs is 1. The quantitative estimate of drug-likeness (QED) is 0.911. The van der Waals surface area contributed by atoms with Gasteiger partial charge in [-0.2, -0.15) is 18.3 Å². The topological polar surface area (TPSA) is 75.1 Å². The van der Waals surface area contributed by atoms with E-state index in [1.54, 1.807) is 31.2 Å². The van der Waals surface area contributed by atoms with E-state index in [2.05, 4.69) is 10.2 Å². The molecule has 21 heavy (non-hydrogen) atoms. The van der Waals surface area contributed by atoms with Crippen LogP contribution in [0.15, 0.2) is 24.3 Å². The van der Waals surface area contributed by atoms with Crippen molar-refractivity contribution in [1.82, 2.24) is 10.2 Å². The molecule has 0 fully saturated rings. The number of anilines is 1. The fraction of sp³-hybridized carbons (Fsp3) is 0.308. The van der Waals surface area contributed by atoms with Crippen molar-refractivity contribution in [3.63, 3.8) is 0 Å². The van der Waals surface area contributed by atoms with E-state index < -0.39 is 17.7 Å². The fourth-order valence-electron chi connectivity index (χ4n) is 1.81. The minimum absolute atomic E-state index is 0.224. The maximum absolute atomic E-state index is 13.0. The molecule has 0 aliphatic carbocycles. The minimum atomic E-state index is -4.99. The summed E-state index contributed by atoms with van der Waals surface area (Å²) in [6.45, 7) is 2.21. The van der Waals surface area contributed by atoms with Crippen molar-refractivity contribution < 1.29 is 23.1 Å². The van der Waals surface area contributed by atoms with E-state index in [9.17, 15) is 18.0 Å². The van der Waals surface area contributed by atoms with Crippen LogP contribution in [0, 0.1) is 6.92 Å². The molecule has 0 spiro atoms. The van der Waals surface area contributed by atoms with Gasteiger partial charge in [0.1, 0.15) is 0 Å². The van der Waals surface area contributed by atoms with E-state index in [1.165, 1.54) is 0 Å². The Labute approximate surface area is 117 Å². The van der Waals surface area contributed by atoms with Crippen molar-refractivity contribution in [1.29, 1.82) is 0 Å². The van der Waals surface area contributed by atoms with Gasteiger partial charge in [-0.1, -0.05) is 24.3 Å². The number of benzene rings is 1. The molecule has 2 N–H and O–H groups in total. The van der Waals surface area contributed by atoms with Crippen LogP contribution in [0.3, 0.4) is 0 Å². The third-order valence-electron chi connectivity index (χ3n) is 3.24. The largest absolute Gasteiger partial charge is 0.479 e. The van der Waals surface area contributed by atoms with Crippen LogP contribution in [-0.2, 0) is 4.79 Å². The van der Waals surface area contributed by atoms with Gasteiger partial charge in [0.05, 0.1) is 5.69 Å². The molecule has 1 atom stereocenters. The first-order valence-electron chi connectivity index (χ1n) is 5.97. The Hall–Kier alpha value is -2.38. The number of aryl methyl sites for hydroxylation is 1. The second-order valence-corrected chi connectivity index (χ2v) is 4.73. The predicted octanol–water partition coefficient (Wildman–Crippen LogP) is 2.76. The van der Waals surface area contributed by atoms with Crippen LogP contribution in [0.2, 0.25) is 0 Å². The van der Waals surface area contributed by atoms with Gasteiger partial charge in [-0.15, -0.1) is 5.10 Å². The standard InChI is InChI=1S/C13H12F3N3O2/c1-7-8-5-3-4-6-9(8)10(19-18-7)17-12(2,11(20)21)13(14,15)16/h3-6H,1-2H3,(H,17,19)(H,20,21). The number of rotatable bonds is 3. The van der Waals surface area contributed by atoms with Crippen LogP contribution < -0.4 is 5.32 Å². The van der Waals surface area contributed by atoms with Crippen molar-refractivity contribution >= 4 is 22.6 Å². The zero-order valence-corrected chi connectivity index (χ0v) is 11.2. The molecular formula is C13H12F3N3O2. The van der Waals surface area contributed by atoms with E-state index >= 15 is 0 Å². The number of nitrogens with one attached hydrogen (secondary N) is 1. The lowest BCUT2D eigenvalue weighted by Crippen LogP contribution is -2.55. The minimum Gasteiger partial charge on any atom is -0.479 e. The van der Waals surface area contributed by atoms with Crippen molar-refractivity contribution in [2.75, 3.05) is 5.32 Å². The molecule has 1 aromatic carbocycles. The molecule has 0 saturated heterocycles. The Morgan fingerprint density at radius 1 is 1.19 bits per heavy atom. The van der Waals surface area contributed by atoms with Crippen molar-refractivity contribution in [2.24, 2.45) is 0 Å². The molecule has 2 aromatic rings. The average Bonchev–Trinajstić information content (AvgIpc) is 2.40. The lowest BCUT2D eigenvalue weighted by molar-refractivity contribution is -0.192. The number of hydrogen-bond donors (Lipinski definition) is 2. The highest BCUT2D eigenvalue weighted by molar-refractivity contribution is 5.95. The van der Waals surface area contributed by atoms with Gasteiger partial charge < -0.3 is 10.4 Å². The maximum atomic E-state index is 13.0. The lowest BCUT2D eigenvalue weighted by atomic mass is 10.0. The van der Waals surface area contributed by atoms with Gasteiger partial charge in [-0.3, -0.25) is 0 Å². The zero-order valence-electron chi connectivity index (χ0n) is 11.2. The van der Waals surface area contributed by atoms with E-state index in [0.717, 1.165) is 0 Å². The molecule has 5 nitrogen and oxygen atoms in total. The van der Waals surface area contributed by atoms with E-state index in [1.807, 2.05) is 5.32 Å². The summed E-state index contributed by atoms with van der Waals surface area (Å²) < 4.78 is 39.1. The Kier molecular flexibility index (Phi) is 3.48. The van der Waals surface area contributed by atoms with E-state index in [0.29, 0.717) is 23.4 Å². The molecule has 1 aromatic heterocycles. The Balaban J connectivity index is 2.58. The molecule has 1 unspecified atom stereocenters. The first-order valence-corrected chi connectivity index (χ1v) is 5.97. The van der Waals surface area contributed by atoms with Crippen LogP contribution >= 0.6 is 0 Å². The molecule has 0 aliphatic heterocycles. The third-order valence-corrected chi connectivity index (χ3v) is 3.24. The van der Waals surface area contributed by atoms with E-state index in [4.69, 9.17) is 5.11 Å². The monoisotopic (exact) mass is 299 g/mol. The van der Waals surface area contributed by atoms with Crippen molar-refractivity contribution in [2.45, 2.75) is 25.6 Å². The molecule has 1 heterocycles. The summed E-state index contributed by atoms with van der Waals surface area (Å²) in [5.74, 6) is -2.26. The predicted molar refractivity (Wildman–Crippen MR) is 70.0 cm³/mol. The average molecular weight is 299 g/mol. The number of carboxylic acid groups (broad SMARTS) is 1. The number of hydrogen-bond acceptors (Lipinski definition) is 4. The fourth-order valence-corrected chi connectivity index (χ4v) is 1.81. The smallest absolute Gasteiger partial charge is 0.422 e. The van der Waals surface area contributed by atoms with Gasteiger partial charge in [-0.05, 0) is 13.8 Å². The zero-order chi connectivity index (χ0) is 15.8. The third kappa shape index (κ3) is 2.48. The Morgan fingerprint density at radius 2 is 1.76 bits per heavy atom. The van der Waals surface area contributed by atoms with Crippen molar-refractivity contribution in [3.8, 4) is 0 Å². The molecule has 0 radical (unpaired) electrons. The number of carboxylic acids is 1. The molecule has 0 amide bonds. The summed E-state index contributed by atoms with van der Waals surface area (Å²) in [5.41, 5.74) is -2.61. The van der Waals surface area contributed by atoms with Crippen LogP contribution in [-0.4, -0.2) is 33.0 Å². The Morgan fingerprint density at radius 3 is 2.29 bits per heavy atom. The van der Waals surface area contributed by atoms with Crippen LogP contribution in [0.5, 0.6) is 0 Å². The van der Waals surface area contributed by atoms with Crippen LogP contribution in [0.4, 0.5) is 19.0 Å². The number of aliphatic carboxylic acids is 1. The number of carbonyl (C=O) groups is 1. The highest BCUT2D eigenvalue weighted by Crippen LogP contribution is 2.35. The SMILES string of the molecule is Cc1nnc(NC(C)(C(=O)O)C(F)(F)F)c2ccccc12. The second kappa shape index (κ2) is 4.87.